The van der Waals surface area contributed by atoms with Crippen LogP contribution in [0.25, 0.3) is 0 Å². The fourth-order valence-electron chi connectivity index (χ4n) is 2.08. The van der Waals surface area contributed by atoms with Crippen LogP contribution in [0.3, 0.4) is 0 Å². The van der Waals surface area contributed by atoms with Gasteiger partial charge in [0.2, 0.25) is 0 Å². The fraction of sp³-hybridized carbons (Fsp3) is 0.385. The molecule has 1 aromatic heterocycles. The maximum atomic E-state index is 10.4. The molecule has 0 radical (unpaired) electrons. The van der Waals surface area contributed by atoms with Gasteiger partial charge in [-0.3, -0.25) is 0 Å². The average Bonchev–Trinajstić information content (AvgIpc) is 2.38. The number of carbonyl (C=O) groups is 1. The molecule has 1 aliphatic rings. The van der Waals surface area contributed by atoms with Gasteiger partial charge < -0.3 is 10.0 Å². The van der Waals surface area contributed by atoms with Crippen molar-refractivity contribution in [2.75, 3.05) is 18.0 Å². The minimum atomic E-state index is -0.864. The van der Waals surface area contributed by atoms with Crippen LogP contribution in [0, 0.1) is 5.92 Å². The van der Waals surface area contributed by atoms with Gasteiger partial charge >= 0.3 is 5.97 Å². The van der Waals surface area contributed by atoms with Crippen molar-refractivity contribution in [3.8, 4) is 0 Å². The highest BCUT2D eigenvalue weighted by molar-refractivity contribution is 5.79. The van der Waals surface area contributed by atoms with Gasteiger partial charge in [-0.1, -0.05) is 12.1 Å². The van der Waals surface area contributed by atoms with Gasteiger partial charge in [0.1, 0.15) is 5.82 Å². The maximum Gasteiger partial charge on any atom is 0.327 e. The summed E-state index contributed by atoms with van der Waals surface area (Å²) in [5, 5.41) is 8.57. The summed E-state index contributed by atoms with van der Waals surface area (Å²) in [5.41, 5.74) is 0. The highest BCUT2D eigenvalue weighted by Crippen LogP contribution is 2.22. The molecule has 1 fully saturated rings. The summed E-state index contributed by atoms with van der Waals surface area (Å²) in [5.74, 6) is 0.524. The molecular weight excluding hydrogens is 216 g/mol. The molecule has 1 aromatic rings. The van der Waals surface area contributed by atoms with E-state index in [9.17, 15) is 4.79 Å². The average molecular weight is 232 g/mol. The number of aromatic nitrogens is 1. The molecule has 1 aliphatic heterocycles. The van der Waals surface area contributed by atoms with Crippen molar-refractivity contribution in [2.45, 2.75) is 12.8 Å². The number of hydrogen-bond acceptors (Lipinski definition) is 3. The number of anilines is 1. The molecule has 0 spiro atoms. The molecule has 0 aliphatic carbocycles. The molecule has 0 amide bonds. The number of nitrogens with zero attached hydrogens (tertiary/aromatic N) is 2. The van der Waals surface area contributed by atoms with Crippen LogP contribution in [0.2, 0.25) is 0 Å². The molecule has 0 saturated carbocycles. The van der Waals surface area contributed by atoms with E-state index in [-0.39, 0.29) is 0 Å². The number of aliphatic carboxylic acids is 1. The molecule has 2 rings (SSSR count). The number of carboxylic acid groups (broad SMARTS) is 1. The number of carboxylic acids is 1. The Labute approximate surface area is 101 Å². The van der Waals surface area contributed by atoms with E-state index in [2.05, 4.69) is 9.88 Å². The third-order valence-corrected chi connectivity index (χ3v) is 3.02. The first kappa shape index (κ1) is 11.6. The van der Waals surface area contributed by atoms with E-state index in [1.54, 1.807) is 12.3 Å². The van der Waals surface area contributed by atoms with Gasteiger partial charge in [-0.15, -0.1) is 0 Å². The summed E-state index contributed by atoms with van der Waals surface area (Å²) in [7, 11) is 0. The van der Waals surface area contributed by atoms with E-state index in [1.807, 2.05) is 18.2 Å². The molecule has 0 aromatic carbocycles. The molecule has 0 bridgehead atoms. The summed E-state index contributed by atoms with van der Waals surface area (Å²) in [6.45, 7) is 1.87. The summed E-state index contributed by atoms with van der Waals surface area (Å²) in [6, 6.07) is 5.90. The molecular formula is C13H16N2O2. The van der Waals surface area contributed by atoms with E-state index < -0.39 is 5.97 Å². The highest BCUT2D eigenvalue weighted by atomic mass is 16.4. The molecule has 4 nitrogen and oxygen atoms in total. The van der Waals surface area contributed by atoms with Gasteiger partial charge in [0.15, 0.2) is 0 Å². The van der Waals surface area contributed by atoms with Crippen molar-refractivity contribution in [3.63, 3.8) is 0 Å². The Balaban J connectivity index is 1.88. The van der Waals surface area contributed by atoms with E-state index >= 15 is 0 Å². The van der Waals surface area contributed by atoms with Gasteiger partial charge in [-0.25, -0.2) is 9.78 Å². The minimum Gasteiger partial charge on any atom is -0.478 e. The number of pyridine rings is 1. The monoisotopic (exact) mass is 232 g/mol. The van der Waals surface area contributed by atoms with Crippen molar-refractivity contribution in [1.29, 1.82) is 0 Å². The second-order valence-electron chi connectivity index (χ2n) is 4.21. The number of rotatable bonds is 3. The lowest BCUT2D eigenvalue weighted by Gasteiger charge is -2.31. The predicted octanol–water partition coefficient (Wildman–Crippen LogP) is 1.94. The van der Waals surface area contributed by atoms with Crippen LogP contribution >= 0.6 is 0 Å². The highest BCUT2D eigenvalue weighted by Gasteiger charge is 2.17. The third kappa shape index (κ3) is 3.31. The Morgan fingerprint density at radius 3 is 2.76 bits per heavy atom. The standard InChI is InChI=1S/C13H16N2O2/c16-13(17)5-4-11-6-9-15(10-7-11)12-3-1-2-8-14-12/h1-5,8,11H,6-7,9-10H2,(H,16,17)/b5-4+. The molecule has 4 heteroatoms. The number of allylic oxidation sites excluding steroid dienone is 1. The van der Waals surface area contributed by atoms with E-state index in [1.165, 1.54) is 6.08 Å². The van der Waals surface area contributed by atoms with Gasteiger partial charge in [-0.2, -0.15) is 0 Å². The first-order valence-electron chi connectivity index (χ1n) is 5.83. The van der Waals surface area contributed by atoms with Crippen LogP contribution < -0.4 is 4.90 Å². The van der Waals surface area contributed by atoms with Gasteiger partial charge in [-0.05, 0) is 30.9 Å². The predicted molar refractivity (Wildman–Crippen MR) is 65.9 cm³/mol. The minimum absolute atomic E-state index is 0.381. The molecule has 0 atom stereocenters. The Morgan fingerprint density at radius 2 is 2.18 bits per heavy atom. The lowest BCUT2D eigenvalue weighted by atomic mass is 9.96. The van der Waals surface area contributed by atoms with Gasteiger partial charge in [0, 0.05) is 25.4 Å². The van der Waals surface area contributed by atoms with Crippen LogP contribution in [-0.2, 0) is 4.79 Å². The largest absolute Gasteiger partial charge is 0.478 e. The number of hydrogen-bond donors (Lipinski definition) is 1. The molecule has 1 N–H and O–H groups in total. The second kappa shape index (κ2) is 5.48. The second-order valence-corrected chi connectivity index (χ2v) is 4.21. The maximum absolute atomic E-state index is 10.4. The van der Waals surface area contributed by atoms with Crippen LogP contribution in [0.4, 0.5) is 5.82 Å². The Morgan fingerprint density at radius 1 is 1.41 bits per heavy atom. The van der Waals surface area contributed by atoms with Crippen LogP contribution in [0.1, 0.15) is 12.8 Å². The van der Waals surface area contributed by atoms with E-state index in [0.717, 1.165) is 31.7 Å². The Bertz CT molecular complexity index is 395. The third-order valence-electron chi connectivity index (χ3n) is 3.02. The van der Waals surface area contributed by atoms with Crippen molar-refractivity contribution >= 4 is 11.8 Å². The SMILES string of the molecule is O=C(O)/C=C/C1CCN(c2ccccn2)CC1. The first-order valence-corrected chi connectivity index (χ1v) is 5.83. The molecule has 17 heavy (non-hydrogen) atoms. The van der Waals surface area contributed by atoms with Crippen LogP contribution in [-0.4, -0.2) is 29.1 Å². The summed E-state index contributed by atoms with van der Waals surface area (Å²) in [6.07, 6.45) is 6.83. The first-order chi connectivity index (χ1) is 8.25. The van der Waals surface area contributed by atoms with Crippen molar-refractivity contribution in [2.24, 2.45) is 5.92 Å². The molecule has 1 saturated heterocycles. The quantitative estimate of drug-likeness (QED) is 0.809. The smallest absolute Gasteiger partial charge is 0.327 e. The van der Waals surface area contributed by atoms with Gasteiger partial charge in [0.05, 0.1) is 0 Å². The van der Waals surface area contributed by atoms with Crippen LogP contribution in [0.5, 0.6) is 0 Å². The zero-order chi connectivity index (χ0) is 12.1. The van der Waals surface area contributed by atoms with Crippen molar-refractivity contribution in [1.82, 2.24) is 4.98 Å². The lowest BCUT2D eigenvalue weighted by Crippen LogP contribution is -2.33. The lowest BCUT2D eigenvalue weighted by molar-refractivity contribution is -0.131. The summed E-state index contributed by atoms with van der Waals surface area (Å²) in [4.78, 5) is 17.0. The van der Waals surface area contributed by atoms with Crippen molar-refractivity contribution in [3.05, 3.63) is 36.5 Å². The fourth-order valence-corrected chi connectivity index (χ4v) is 2.08. The normalized spacial score (nSPS) is 17.5. The number of piperidine rings is 1. The van der Waals surface area contributed by atoms with Crippen LogP contribution in [0.15, 0.2) is 36.5 Å². The molecule has 2 heterocycles. The zero-order valence-electron chi connectivity index (χ0n) is 9.62. The summed E-state index contributed by atoms with van der Waals surface area (Å²) >= 11 is 0. The van der Waals surface area contributed by atoms with Crippen molar-refractivity contribution < 1.29 is 9.90 Å². The molecule has 90 valence electrons. The zero-order valence-corrected chi connectivity index (χ0v) is 9.62. The summed E-state index contributed by atoms with van der Waals surface area (Å²) < 4.78 is 0. The molecule has 0 unspecified atom stereocenters. The van der Waals surface area contributed by atoms with E-state index in [4.69, 9.17) is 5.11 Å². The van der Waals surface area contributed by atoms with Gasteiger partial charge in [0.25, 0.3) is 0 Å². The Hall–Kier alpha value is -1.84. The topological polar surface area (TPSA) is 53.4 Å². The Kier molecular flexibility index (Phi) is 3.75. The van der Waals surface area contributed by atoms with E-state index in [0.29, 0.717) is 5.92 Å².